The first kappa shape index (κ1) is 14.1. The first-order valence-electron chi connectivity index (χ1n) is 5.09. The minimum Gasteiger partial charge on any atom is -0.493 e. The molecule has 0 bridgehead atoms. The SMILES string of the molecule is O=Cc1ccc(OCCCC(=O)Cl)cc1[N+](=O)[O-]. The summed E-state index contributed by atoms with van der Waals surface area (Å²) >= 11 is 5.14. The maximum Gasteiger partial charge on any atom is 0.283 e. The fraction of sp³-hybridized carbons (Fsp3) is 0.273. The lowest BCUT2D eigenvalue weighted by Gasteiger charge is -2.05. The van der Waals surface area contributed by atoms with Gasteiger partial charge in [-0.05, 0) is 30.2 Å². The van der Waals surface area contributed by atoms with Crippen molar-refractivity contribution >= 4 is 28.8 Å². The molecule has 0 radical (unpaired) electrons. The monoisotopic (exact) mass is 271 g/mol. The number of ether oxygens (including phenoxy) is 1. The van der Waals surface area contributed by atoms with Crippen LogP contribution in [-0.2, 0) is 4.79 Å². The number of halogens is 1. The lowest BCUT2D eigenvalue weighted by Crippen LogP contribution is -2.01. The zero-order chi connectivity index (χ0) is 13.5. The Bertz CT molecular complexity index is 475. The maximum atomic E-state index is 10.7. The highest BCUT2D eigenvalue weighted by molar-refractivity contribution is 6.63. The molecule has 0 saturated carbocycles. The van der Waals surface area contributed by atoms with Crippen LogP contribution < -0.4 is 4.74 Å². The Morgan fingerprint density at radius 3 is 2.78 bits per heavy atom. The summed E-state index contributed by atoms with van der Waals surface area (Å²) in [5, 5.41) is 10.2. The number of nitro groups is 1. The van der Waals surface area contributed by atoms with Gasteiger partial charge in [0.05, 0.1) is 23.2 Å². The van der Waals surface area contributed by atoms with Crippen LogP contribution in [-0.4, -0.2) is 23.1 Å². The lowest BCUT2D eigenvalue weighted by molar-refractivity contribution is -0.385. The Kier molecular flexibility index (Phi) is 5.26. The van der Waals surface area contributed by atoms with E-state index in [-0.39, 0.29) is 30.0 Å². The minimum atomic E-state index is -0.654. The van der Waals surface area contributed by atoms with E-state index < -0.39 is 10.2 Å². The van der Waals surface area contributed by atoms with Crippen LogP contribution >= 0.6 is 11.6 Å². The number of nitrogens with zero attached hydrogens (tertiary/aromatic N) is 1. The molecule has 0 aliphatic carbocycles. The van der Waals surface area contributed by atoms with Crippen molar-refractivity contribution < 1.29 is 19.2 Å². The minimum absolute atomic E-state index is 0.0108. The second-order valence-electron chi connectivity index (χ2n) is 3.40. The third-order valence-electron chi connectivity index (χ3n) is 2.11. The molecule has 96 valence electrons. The van der Waals surface area contributed by atoms with Gasteiger partial charge in [0, 0.05) is 6.42 Å². The molecule has 1 aromatic rings. The molecule has 0 spiro atoms. The van der Waals surface area contributed by atoms with Crippen LogP contribution in [0.25, 0.3) is 0 Å². The summed E-state index contributed by atoms with van der Waals surface area (Å²) in [6.07, 6.45) is 1.01. The number of nitro benzene ring substituents is 1. The number of hydrogen-bond donors (Lipinski definition) is 0. The van der Waals surface area contributed by atoms with Gasteiger partial charge in [0.25, 0.3) is 5.69 Å². The molecule has 0 amide bonds. The standard InChI is InChI=1S/C11H10ClNO5/c12-11(15)2-1-5-18-9-4-3-8(7-14)10(6-9)13(16)17/h3-4,6-7H,1-2,5H2. The largest absolute Gasteiger partial charge is 0.493 e. The summed E-state index contributed by atoms with van der Waals surface area (Å²) in [7, 11) is 0. The van der Waals surface area contributed by atoms with Crippen molar-refractivity contribution in [2.75, 3.05) is 6.61 Å². The zero-order valence-corrected chi connectivity index (χ0v) is 10.1. The first-order chi connectivity index (χ1) is 8.54. The van der Waals surface area contributed by atoms with Crippen molar-refractivity contribution in [3.8, 4) is 5.75 Å². The van der Waals surface area contributed by atoms with Gasteiger partial charge in [-0.15, -0.1) is 0 Å². The van der Waals surface area contributed by atoms with Gasteiger partial charge < -0.3 is 4.74 Å². The van der Waals surface area contributed by atoms with Crippen LogP contribution in [0.2, 0.25) is 0 Å². The fourth-order valence-electron chi connectivity index (χ4n) is 1.27. The highest BCUT2D eigenvalue weighted by Gasteiger charge is 2.14. The van der Waals surface area contributed by atoms with Crippen molar-refractivity contribution in [2.45, 2.75) is 12.8 Å². The highest BCUT2D eigenvalue weighted by atomic mass is 35.5. The van der Waals surface area contributed by atoms with E-state index in [1.807, 2.05) is 0 Å². The molecule has 0 saturated heterocycles. The Hall–Kier alpha value is -1.95. The van der Waals surface area contributed by atoms with E-state index in [4.69, 9.17) is 16.3 Å². The molecule has 0 aromatic heterocycles. The number of aldehydes is 1. The number of benzene rings is 1. The third-order valence-corrected chi connectivity index (χ3v) is 2.30. The number of carbonyl (C=O) groups excluding carboxylic acids is 2. The van der Waals surface area contributed by atoms with Crippen molar-refractivity contribution in [3.63, 3.8) is 0 Å². The molecule has 0 N–H and O–H groups in total. The van der Waals surface area contributed by atoms with Crippen molar-refractivity contribution in [3.05, 3.63) is 33.9 Å². The van der Waals surface area contributed by atoms with Gasteiger partial charge in [0.15, 0.2) is 6.29 Å². The third kappa shape index (κ3) is 4.14. The molecule has 7 heteroatoms. The van der Waals surface area contributed by atoms with Gasteiger partial charge >= 0.3 is 0 Å². The van der Waals surface area contributed by atoms with E-state index in [0.717, 1.165) is 0 Å². The summed E-state index contributed by atoms with van der Waals surface area (Å²) in [6, 6.07) is 3.94. The molecule has 18 heavy (non-hydrogen) atoms. The molecular weight excluding hydrogens is 262 g/mol. The van der Waals surface area contributed by atoms with E-state index in [2.05, 4.69) is 0 Å². The Labute approximate surface area is 108 Å². The number of carbonyl (C=O) groups is 2. The van der Waals surface area contributed by atoms with Gasteiger partial charge in [-0.25, -0.2) is 0 Å². The van der Waals surface area contributed by atoms with Crippen LogP contribution in [0.3, 0.4) is 0 Å². The second-order valence-corrected chi connectivity index (χ2v) is 3.82. The Morgan fingerprint density at radius 1 is 1.50 bits per heavy atom. The molecule has 1 aromatic carbocycles. The van der Waals surface area contributed by atoms with Crippen molar-refractivity contribution in [1.82, 2.24) is 0 Å². The van der Waals surface area contributed by atoms with Gasteiger partial charge in [0.1, 0.15) is 5.75 Å². The maximum absolute atomic E-state index is 10.7. The normalized spacial score (nSPS) is 9.83. The van der Waals surface area contributed by atoms with E-state index in [1.54, 1.807) is 0 Å². The lowest BCUT2D eigenvalue weighted by atomic mass is 10.2. The van der Waals surface area contributed by atoms with E-state index in [9.17, 15) is 19.7 Å². The van der Waals surface area contributed by atoms with Crippen molar-refractivity contribution in [2.24, 2.45) is 0 Å². The number of rotatable bonds is 7. The Balaban J connectivity index is 2.67. The van der Waals surface area contributed by atoms with E-state index >= 15 is 0 Å². The average Bonchev–Trinajstić information content (AvgIpc) is 2.34. The predicted molar refractivity (Wildman–Crippen MR) is 64.1 cm³/mol. The van der Waals surface area contributed by atoms with E-state index in [0.29, 0.717) is 12.7 Å². The second kappa shape index (κ2) is 6.70. The topological polar surface area (TPSA) is 86.5 Å². The molecule has 6 nitrogen and oxygen atoms in total. The summed E-state index contributed by atoms with van der Waals surface area (Å²) < 4.78 is 5.22. The predicted octanol–water partition coefficient (Wildman–Crippen LogP) is 2.33. The number of hydrogen-bond acceptors (Lipinski definition) is 5. The van der Waals surface area contributed by atoms with Crippen LogP contribution in [0, 0.1) is 10.1 Å². The molecule has 0 fully saturated rings. The van der Waals surface area contributed by atoms with Crippen LogP contribution in [0.4, 0.5) is 5.69 Å². The molecule has 1 rings (SSSR count). The van der Waals surface area contributed by atoms with Crippen LogP contribution in [0.15, 0.2) is 18.2 Å². The summed E-state index contributed by atoms with van der Waals surface area (Å²) in [5.41, 5.74) is -0.320. The molecule has 0 atom stereocenters. The quantitative estimate of drug-likeness (QED) is 0.250. The van der Waals surface area contributed by atoms with Gasteiger partial charge in [-0.2, -0.15) is 0 Å². The van der Waals surface area contributed by atoms with Gasteiger partial charge in [-0.1, -0.05) is 0 Å². The zero-order valence-electron chi connectivity index (χ0n) is 9.30. The summed E-state index contributed by atoms with van der Waals surface area (Å²) in [4.78, 5) is 31.1. The van der Waals surface area contributed by atoms with Crippen LogP contribution in [0.1, 0.15) is 23.2 Å². The molecule has 0 heterocycles. The first-order valence-corrected chi connectivity index (χ1v) is 5.47. The molecule has 0 aliphatic heterocycles. The Morgan fingerprint density at radius 2 is 2.22 bits per heavy atom. The molecular formula is C11H10ClNO5. The molecule has 0 aliphatic rings. The average molecular weight is 272 g/mol. The summed E-state index contributed by atoms with van der Waals surface area (Å²) in [5.74, 6) is 0.273. The van der Waals surface area contributed by atoms with Gasteiger partial charge in [-0.3, -0.25) is 19.7 Å². The van der Waals surface area contributed by atoms with Gasteiger partial charge in [0.2, 0.25) is 5.24 Å². The highest BCUT2D eigenvalue weighted by Crippen LogP contribution is 2.23. The smallest absolute Gasteiger partial charge is 0.283 e. The fourth-order valence-corrected chi connectivity index (χ4v) is 1.41. The van der Waals surface area contributed by atoms with E-state index in [1.165, 1.54) is 18.2 Å². The van der Waals surface area contributed by atoms with Crippen LogP contribution in [0.5, 0.6) is 5.75 Å². The summed E-state index contributed by atoms with van der Waals surface area (Å²) in [6.45, 7) is 0.218. The van der Waals surface area contributed by atoms with Crippen molar-refractivity contribution in [1.29, 1.82) is 0 Å². The molecule has 0 unspecified atom stereocenters.